The summed E-state index contributed by atoms with van der Waals surface area (Å²) in [6.45, 7) is 9.35. The lowest BCUT2D eigenvalue weighted by molar-refractivity contribution is -0.139. The van der Waals surface area contributed by atoms with Crippen LogP contribution in [0.2, 0.25) is 0 Å². The maximum absolute atomic E-state index is 12.6. The van der Waals surface area contributed by atoms with Crippen molar-refractivity contribution in [2.75, 3.05) is 39.3 Å². The summed E-state index contributed by atoms with van der Waals surface area (Å²) in [5.74, 6) is 0.390. The van der Waals surface area contributed by atoms with E-state index in [4.69, 9.17) is 10.5 Å². The molecular formula is C16H31N3O2. The monoisotopic (exact) mass is 297 g/mol. The van der Waals surface area contributed by atoms with Gasteiger partial charge in [-0.2, -0.15) is 0 Å². The Morgan fingerprint density at radius 3 is 2.57 bits per heavy atom. The molecule has 0 aromatic rings. The average Bonchev–Trinajstić information content (AvgIpc) is 3.00. The maximum Gasteiger partial charge on any atom is 0.228 e. The van der Waals surface area contributed by atoms with Gasteiger partial charge in [-0.1, -0.05) is 20.3 Å². The summed E-state index contributed by atoms with van der Waals surface area (Å²) in [5, 5.41) is 0. The van der Waals surface area contributed by atoms with Crippen molar-refractivity contribution in [1.29, 1.82) is 0 Å². The van der Waals surface area contributed by atoms with Crippen molar-refractivity contribution in [3.63, 3.8) is 0 Å². The van der Waals surface area contributed by atoms with Gasteiger partial charge in [0, 0.05) is 45.4 Å². The van der Waals surface area contributed by atoms with Gasteiger partial charge in [0.2, 0.25) is 5.91 Å². The van der Waals surface area contributed by atoms with Gasteiger partial charge in [-0.3, -0.25) is 9.69 Å². The number of nitrogens with zero attached hydrogens (tertiary/aromatic N) is 2. The molecule has 21 heavy (non-hydrogen) atoms. The molecule has 2 heterocycles. The second kappa shape index (κ2) is 8.11. The fraction of sp³-hybridized carbons (Fsp3) is 0.938. The SMILES string of the molecule is CCCC(CN)N1CCN(C(=O)C2CCOC2CC)CC1. The summed E-state index contributed by atoms with van der Waals surface area (Å²) in [6, 6.07) is 0.477. The van der Waals surface area contributed by atoms with E-state index in [9.17, 15) is 4.79 Å². The van der Waals surface area contributed by atoms with Crippen LogP contribution in [0, 0.1) is 5.92 Å². The Morgan fingerprint density at radius 1 is 1.29 bits per heavy atom. The smallest absolute Gasteiger partial charge is 0.228 e. The van der Waals surface area contributed by atoms with Crippen molar-refractivity contribution in [2.24, 2.45) is 11.7 Å². The second-order valence-corrected chi connectivity index (χ2v) is 6.25. The van der Waals surface area contributed by atoms with Crippen LogP contribution >= 0.6 is 0 Å². The van der Waals surface area contributed by atoms with Crippen molar-refractivity contribution in [2.45, 2.75) is 51.7 Å². The molecule has 0 aromatic carbocycles. The van der Waals surface area contributed by atoms with Gasteiger partial charge in [0.15, 0.2) is 0 Å². The highest BCUT2D eigenvalue weighted by molar-refractivity contribution is 5.79. The first-order valence-electron chi connectivity index (χ1n) is 8.55. The van der Waals surface area contributed by atoms with E-state index in [1.165, 1.54) is 6.42 Å². The van der Waals surface area contributed by atoms with Crippen LogP contribution in [0.3, 0.4) is 0 Å². The zero-order chi connectivity index (χ0) is 15.2. The Kier molecular flexibility index (Phi) is 6.45. The van der Waals surface area contributed by atoms with E-state index in [1.807, 2.05) is 4.90 Å². The summed E-state index contributed by atoms with van der Waals surface area (Å²) in [5.41, 5.74) is 5.88. The zero-order valence-electron chi connectivity index (χ0n) is 13.6. The molecule has 3 atom stereocenters. The van der Waals surface area contributed by atoms with Gasteiger partial charge in [-0.15, -0.1) is 0 Å². The first kappa shape index (κ1) is 16.7. The van der Waals surface area contributed by atoms with Gasteiger partial charge < -0.3 is 15.4 Å². The third-order valence-electron chi connectivity index (χ3n) is 4.97. The highest BCUT2D eigenvalue weighted by atomic mass is 16.5. The molecule has 0 aliphatic carbocycles. The van der Waals surface area contributed by atoms with Crippen LogP contribution in [0.15, 0.2) is 0 Å². The fourth-order valence-electron chi connectivity index (χ4n) is 3.66. The second-order valence-electron chi connectivity index (χ2n) is 6.25. The minimum Gasteiger partial charge on any atom is -0.377 e. The van der Waals surface area contributed by atoms with E-state index in [0.29, 0.717) is 11.9 Å². The topological polar surface area (TPSA) is 58.8 Å². The van der Waals surface area contributed by atoms with E-state index in [2.05, 4.69) is 18.7 Å². The minimum absolute atomic E-state index is 0.0856. The molecule has 5 heteroatoms. The van der Waals surface area contributed by atoms with Gasteiger partial charge in [-0.25, -0.2) is 0 Å². The van der Waals surface area contributed by atoms with Crippen molar-refractivity contribution in [1.82, 2.24) is 9.80 Å². The Morgan fingerprint density at radius 2 is 2.00 bits per heavy atom. The molecule has 2 fully saturated rings. The van der Waals surface area contributed by atoms with Gasteiger partial charge in [0.05, 0.1) is 12.0 Å². The van der Waals surface area contributed by atoms with Gasteiger partial charge in [-0.05, 0) is 19.3 Å². The number of ether oxygens (including phenoxy) is 1. The summed E-state index contributed by atoms with van der Waals surface area (Å²) >= 11 is 0. The van der Waals surface area contributed by atoms with Gasteiger partial charge in [0.1, 0.15) is 0 Å². The molecule has 0 aromatic heterocycles. The van der Waals surface area contributed by atoms with Crippen molar-refractivity contribution in [3.05, 3.63) is 0 Å². The molecule has 3 unspecified atom stereocenters. The van der Waals surface area contributed by atoms with E-state index < -0.39 is 0 Å². The Hall–Kier alpha value is -0.650. The Labute approximate surface area is 128 Å². The number of nitrogens with two attached hydrogens (primary N) is 1. The number of rotatable bonds is 6. The third kappa shape index (κ3) is 3.96. The van der Waals surface area contributed by atoms with Gasteiger partial charge >= 0.3 is 0 Å². The lowest BCUT2D eigenvalue weighted by Crippen LogP contribution is -2.55. The summed E-state index contributed by atoms with van der Waals surface area (Å²) in [4.78, 5) is 17.1. The van der Waals surface area contributed by atoms with Crippen molar-refractivity contribution < 1.29 is 9.53 Å². The van der Waals surface area contributed by atoms with Crippen molar-refractivity contribution in [3.8, 4) is 0 Å². The molecule has 2 N–H and O–H groups in total. The lowest BCUT2D eigenvalue weighted by Gasteiger charge is -2.40. The Bertz CT molecular complexity index is 329. The van der Waals surface area contributed by atoms with Crippen LogP contribution in [0.5, 0.6) is 0 Å². The number of hydrogen-bond donors (Lipinski definition) is 1. The fourth-order valence-corrected chi connectivity index (χ4v) is 3.66. The zero-order valence-corrected chi connectivity index (χ0v) is 13.6. The van der Waals surface area contributed by atoms with Crippen LogP contribution in [-0.4, -0.2) is 67.2 Å². The van der Waals surface area contributed by atoms with E-state index in [-0.39, 0.29) is 12.0 Å². The van der Waals surface area contributed by atoms with E-state index >= 15 is 0 Å². The standard InChI is InChI=1S/C16H31N3O2/c1-3-5-13(12-17)18-7-9-19(10-8-18)16(20)14-6-11-21-15(14)4-2/h13-15H,3-12,17H2,1-2H3. The highest BCUT2D eigenvalue weighted by Gasteiger charge is 2.36. The van der Waals surface area contributed by atoms with Crippen molar-refractivity contribution >= 4 is 5.91 Å². The summed E-state index contributed by atoms with van der Waals surface area (Å²) in [7, 11) is 0. The molecule has 2 aliphatic rings. The number of piperazine rings is 1. The molecule has 0 radical (unpaired) electrons. The van der Waals surface area contributed by atoms with E-state index in [0.717, 1.165) is 58.6 Å². The van der Waals surface area contributed by atoms with Crippen LogP contribution in [0.1, 0.15) is 39.5 Å². The minimum atomic E-state index is 0.0856. The maximum atomic E-state index is 12.6. The van der Waals surface area contributed by atoms with Gasteiger partial charge in [0.25, 0.3) is 0 Å². The quantitative estimate of drug-likeness (QED) is 0.797. The summed E-state index contributed by atoms with van der Waals surface area (Å²) in [6.07, 6.45) is 4.27. The van der Waals surface area contributed by atoms with Crippen LogP contribution in [0.4, 0.5) is 0 Å². The Balaban J connectivity index is 1.84. The normalized spacial score (nSPS) is 28.8. The molecule has 2 saturated heterocycles. The number of hydrogen-bond acceptors (Lipinski definition) is 4. The predicted octanol–water partition coefficient (Wildman–Crippen LogP) is 1.07. The number of carbonyl (C=O) groups is 1. The molecule has 2 aliphatic heterocycles. The van der Waals surface area contributed by atoms with E-state index in [1.54, 1.807) is 0 Å². The summed E-state index contributed by atoms with van der Waals surface area (Å²) < 4.78 is 5.66. The van der Waals surface area contributed by atoms with Crippen LogP contribution in [-0.2, 0) is 9.53 Å². The average molecular weight is 297 g/mol. The predicted molar refractivity (Wildman–Crippen MR) is 84.0 cm³/mol. The lowest BCUT2D eigenvalue weighted by atomic mass is 9.97. The first-order chi connectivity index (χ1) is 10.2. The van der Waals surface area contributed by atoms with Crippen LogP contribution < -0.4 is 5.73 Å². The molecule has 0 bridgehead atoms. The van der Waals surface area contributed by atoms with Crippen LogP contribution in [0.25, 0.3) is 0 Å². The molecule has 5 nitrogen and oxygen atoms in total. The largest absolute Gasteiger partial charge is 0.377 e. The molecule has 122 valence electrons. The third-order valence-corrected chi connectivity index (χ3v) is 4.97. The number of amides is 1. The molecule has 0 saturated carbocycles. The number of carbonyl (C=O) groups excluding carboxylic acids is 1. The molecule has 2 rings (SSSR count). The molecule has 0 spiro atoms. The molecule has 1 amide bonds. The first-order valence-corrected chi connectivity index (χ1v) is 8.55. The molecular weight excluding hydrogens is 266 g/mol. The highest BCUT2D eigenvalue weighted by Crippen LogP contribution is 2.26.